The maximum atomic E-state index is 12.7. The van der Waals surface area contributed by atoms with E-state index >= 15 is 0 Å². The molecule has 1 heterocycles. The molecule has 1 aromatic rings. The molecule has 152 valence electrons. The summed E-state index contributed by atoms with van der Waals surface area (Å²) >= 11 is 0. The van der Waals surface area contributed by atoms with E-state index in [1.165, 1.54) is 19.3 Å². The maximum Gasteiger partial charge on any atom is 0.130 e. The highest BCUT2D eigenvalue weighted by Crippen LogP contribution is 2.28. The highest BCUT2D eigenvalue weighted by atomic mass is 32.2. The Balaban J connectivity index is 1.56. The van der Waals surface area contributed by atoms with E-state index in [2.05, 4.69) is 10.2 Å². The number of aliphatic hydroxyl groups excluding tert-OH is 1. The molecule has 6 heteroatoms. The fraction of sp³-hybridized carbons (Fsp3) is 0.714. The van der Waals surface area contributed by atoms with Crippen molar-refractivity contribution in [3.8, 4) is 5.75 Å². The predicted molar refractivity (Wildman–Crippen MR) is 110 cm³/mol. The van der Waals surface area contributed by atoms with Crippen LogP contribution in [0.25, 0.3) is 0 Å². The number of hydrogen-bond donors (Lipinski definition) is 2. The molecule has 1 saturated carbocycles. The van der Waals surface area contributed by atoms with E-state index in [4.69, 9.17) is 4.74 Å². The van der Waals surface area contributed by atoms with Crippen LogP contribution in [0.5, 0.6) is 5.75 Å². The molecule has 2 atom stereocenters. The molecule has 0 aromatic heterocycles. The molecule has 5 nitrogen and oxygen atoms in total. The Kier molecular flexibility index (Phi) is 7.31. The third kappa shape index (κ3) is 5.76. The van der Waals surface area contributed by atoms with Gasteiger partial charge in [-0.05, 0) is 51.0 Å². The minimum Gasteiger partial charge on any atom is -0.485 e. The van der Waals surface area contributed by atoms with E-state index in [1.807, 2.05) is 38.1 Å². The van der Waals surface area contributed by atoms with Crippen LogP contribution in [0.2, 0.25) is 0 Å². The zero-order valence-corrected chi connectivity index (χ0v) is 17.5. The van der Waals surface area contributed by atoms with Crippen molar-refractivity contribution < 1.29 is 14.1 Å². The Hall–Kier alpha value is -0.950. The topological polar surface area (TPSA) is 61.8 Å². The van der Waals surface area contributed by atoms with E-state index in [-0.39, 0.29) is 0 Å². The molecule has 2 N–H and O–H groups in total. The van der Waals surface area contributed by atoms with Crippen molar-refractivity contribution in [1.82, 2.24) is 10.2 Å². The van der Waals surface area contributed by atoms with Gasteiger partial charge in [0.05, 0.1) is 10.8 Å². The molecule has 2 unspecified atom stereocenters. The quantitative estimate of drug-likeness (QED) is 0.744. The predicted octanol–water partition coefficient (Wildman–Crippen LogP) is 2.55. The number of ether oxygens (including phenoxy) is 1. The van der Waals surface area contributed by atoms with E-state index < -0.39 is 22.5 Å². The molecule has 0 radical (unpaired) electrons. The van der Waals surface area contributed by atoms with Crippen molar-refractivity contribution in [2.45, 2.75) is 67.8 Å². The largest absolute Gasteiger partial charge is 0.485 e. The van der Waals surface area contributed by atoms with Crippen molar-refractivity contribution in [2.75, 3.05) is 32.7 Å². The average Bonchev–Trinajstić information content (AvgIpc) is 2.69. The zero-order valence-electron chi connectivity index (χ0n) is 16.7. The summed E-state index contributed by atoms with van der Waals surface area (Å²) in [5, 5.41) is 14.3. The second kappa shape index (κ2) is 9.50. The van der Waals surface area contributed by atoms with Crippen molar-refractivity contribution in [2.24, 2.45) is 0 Å². The van der Waals surface area contributed by atoms with Gasteiger partial charge in [0, 0.05) is 42.9 Å². The first kappa shape index (κ1) is 20.8. The fourth-order valence-corrected chi connectivity index (χ4v) is 5.39. The third-order valence-corrected chi connectivity index (χ3v) is 7.55. The third-order valence-electron chi connectivity index (χ3n) is 5.74. The number of nitrogens with one attached hydrogen (secondary N) is 1. The van der Waals surface area contributed by atoms with Crippen LogP contribution in [-0.2, 0) is 10.8 Å². The first-order valence-corrected chi connectivity index (χ1v) is 11.5. The van der Waals surface area contributed by atoms with Gasteiger partial charge in [0.15, 0.2) is 0 Å². The molecule has 2 fully saturated rings. The van der Waals surface area contributed by atoms with Gasteiger partial charge >= 0.3 is 0 Å². The van der Waals surface area contributed by atoms with E-state index in [9.17, 15) is 9.32 Å². The lowest BCUT2D eigenvalue weighted by Gasteiger charge is -2.36. The number of benzene rings is 1. The van der Waals surface area contributed by atoms with Gasteiger partial charge in [0.25, 0.3) is 0 Å². The number of β-amino-alcohol motifs (C(OH)–C–C–N with tert-alkyl or cyclic N) is 1. The van der Waals surface area contributed by atoms with E-state index in [0.717, 1.165) is 43.9 Å². The van der Waals surface area contributed by atoms with Crippen LogP contribution in [-0.4, -0.2) is 63.9 Å². The lowest BCUT2D eigenvalue weighted by atomic mass is 10.0. The molecule has 3 rings (SSSR count). The van der Waals surface area contributed by atoms with Crippen molar-refractivity contribution in [3.05, 3.63) is 24.3 Å². The van der Waals surface area contributed by atoms with Crippen LogP contribution >= 0.6 is 0 Å². The summed E-state index contributed by atoms with van der Waals surface area (Å²) in [4.78, 5) is 3.15. The fourth-order valence-electron chi connectivity index (χ4n) is 3.84. The van der Waals surface area contributed by atoms with Crippen LogP contribution in [0.3, 0.4) is 0 Å². The number of hydrogen-bond acceptors (Lipinski definition) is 5. The van der Waals surface area contributed by atoms with Crippen molar-refractivity contribution in [1.29, 1.82) is 0 Å². The molecule has 1 aliphatic heterocycles. The molecule has 1 aliphatic carbocycles. The first-order chi connectivity index (χ1) is 13.0. The minimum absolute atomic E-state index is 0.294. The Bertz CT molecular complexity index is 608. The molecule has 27 heavy (non-hydrogen) atoms. The Morgan fingerprint density at radius 2 is 1.81 bits per heavy atom. The lowest BCUT2D eigenvalue weighted by molar-refractivity contribution is -0.0456. The molecule has 0 spiro atoms. The van der Waals surface area contributed by atoms with E-state index in [0.29, 0.717) is 17.5 Å². The SMILES string of the molecule is CC(C)(Oc1ccc(S(=O)C2CCCCC2)cc1)C(O)CN1CCNCC1. The zero-order chi connectivity index (χ0) is 19.3. The van der Waals surface area contributed by atoms with Crippen molar-refractivity contribution >= 4 is 10.8 Å². The van der Waals surface area contributed by atoms with Gasteiger partial charge in [-0.15, -0.1) is 0 Å². The Labute approximate surface area is 165 Å². The van der Waals surface area contributed by atoms with Gasteiger partial charge in [0.1, 0.15) is 17.5 Å². The molecular weight excluding hydrogens is 360 g/mol. The standard InChI is InChI=1S/C21H34N2O3S/c1-21(2,20(24)16-23-14-12-22-13-15-23)26-17-8-10-19(11-9-17)27(25)18-6-4-3-5-7-18/h8-11,18,20,22,24H,3-7,12-16H2,1-2H3. The summed E-state index contributed by atoms with van der Waals surface area (Å²) in [6, 6.07) is 7.60. The summed E-state index contributed by atoms with van der Waals surface area (Å²) < 4.78 is 18.8. The lowest BCUT2D eigenvalue weighted by Crippen LogP contribution is -2.52. The van der Waals surface area contributed by atoms with Crippen molar-refractivity contribution in [3.63, 3.8) is 0 Å². The van der Waals surface area contributed by atoms with Gasteiger partial charge in [-0.3, -0.25) is 9.11 Å². The second-order valence-corrected chi connectivity index (χ2v) is 10.0. The highest BCUT2D eigenvalue weighted by Gasteiger charge is 2.32. The Morgan fingerprint density at radius 1 is 1.19 bits per heavy atom. The maximum absolute atomic E-state index is 12.7. The van der Waals surface area contributed by atoms with Crippen LogP contribution in [0.1, 0.15) is 46.0 Å². The van der Waals surface area contributed by atoms with E-state index in [1.54, 1.807) is 0 Å². The second-order valence-electron chi connectivity index (χ2n) is 8.30. The van der Waals surface area contributed by atoms with Crippen LogP contribution < -0.4 is 10.1 Å². The summed E-state index contributed by atoms with van der Waals surface area (Å²) in [5.41, 5.74) is -0.686. The number of nitrogens with zero attached hydrogens (tertiary/aromatic N) is 1. The summed E-state index contributed by atoms with van der Waals surface area (Å²) in [5.74, 6) is 0.712. The average molecular weight is 395 g/mol. The molecule has 0 bridgehead atoms. The molecule has 1 aromatic carbocycles. The van der Waals surface area contributed by atoms with Gasteiger partial charge in [-0.1, -0.05) is 19.3 Å². The van der Waals surface area contributed by atoms with Gasteiger partial charge in [-0.2, -0.15) is 0 Å². The van der Waals surface area contributed by atoms with Gasteiger partial charge in [0.2, 0.25) is 0 Å². The summed E-state index contributed by atoms with van der Waals surface area (Å²) in [6.45, 7) is 8.30. The number of piperazine rings is 1. The smallest absolute Gasteiger partial charge is 0.130 e. The number of aliphatic hydroxyl groups is 1. The first-order valence-electron chi connectivity index (χ1n) is 10.3. The summed E-state index contributed by atoms with van der Waals surface area (Å²) in [6.07, 6.45) is 5.21. The monoisotopic (exact) mass is 394 g/mol. The normalized spacial score (nSPS) is 22.3. The Morgan fingerprint density at radius 3 is 2.44 bits per heavy atom. The van der Waals surface area contributed by atoms with Crippen LogP contribution in [0.4, 0.5) is 0 Å². The highest BCUT2D eigenvalue weighted by molar-refractivity contribution is 7.85. The van der Waals surface area contributed by atoms with Gasteiger partial charge in [-0.25, -0.2) is 0 Å². The minimum atomic E-state index is -0.933. The van der Waals surface area contributed by atoms with Crippen LogP contribution in [0.15, 0.2) is 29.2 Å². The van der Waals surface area contributed by atoms with Crippen LogP contribution in [0, 0.1) is 0 Å². The summed E-state index contributed by atoms with van der Waals surface area (Å²) in [7, 11) is -0.933. The van der Waals surface area contributed by atoms with Gasteiger partial charge < -0.3 is 15.2 Å². The molecule has 2 aliphatic rings. The molecule has 0 amide bonds. The number of rotatable bonds is 7. The molecule has 1 saturated heterocycles. The molecular formula is C21H34N2O3S.